The van der Waals surface area contributed by atoms with Gasteiger partial charge < -0.3 is 9.88 Å². The minimum absolute atomic E-state index is 0.0430. The van der Waals surface area contributed by atoms with E-state index < -0.39 is 15.8 Å². The van der Waals surface area contributed by atoms with Gasteiger partial charge in [0, 0.05) is 36.7 Å². The molecule has 7 nitrogen and oxygen atoms in total. The molecule has 2 aromatic heterocycles. The summed E-state index contributed by atoms with van der Waals surface area (Å²) < 4.78 is 39.6. The first-order valence-electron chi connectivity index (χ1n) is 10.7. The number of carbonyl (C=O) groups is 1. The highest BCUT2D eigenvalue weighted by Gasteiger charge is 2.30. The topological polar surface area (TPSA) is 99.9 Å². The predicted molar refractivity (Wildman–Crippen MR) is 132 cm³/mol. The van der Waals surface area contributed by atoms with E-state index in [9.17, 15) is 13.4 Å². The number of benzene rings is 1. The van der Waals surface area contributed by atoms with Crippen LogP contribution in [0.1, 0.15) is 35.0 Å². The molecule has 4 rings (SSSR count). The maximum absolute atomic E-state index is 13.4. The van der Waals surface area contributed by atoms with Crippen LogP contribution >= 0.6 is 11.6 Å². The lowest BCUT2D eigenvalue weighted by molar-refractivity contribution is 0.101. The van der Waals surface area contributed by atoms with Crippen LogP contribution in [-0.2, 0) is 23.4 Å². The third-order valence-corrected chi connectivity index (χ3v) is 7.64. The van der Waals surface area contributed by atoms with Gasteiger partial charge in [0.2, 0.25) is 0 Å². The van der Waals surface area contributed by atoms with Crippen molar-refractivity contribution in [2.75, 3.05) is 5.32 Å². The van der Waals surface area contributed by atoms with Crippen LogP contribution in [0.15, 0.2) is 59.8 Å². The zero-order valence-electron chi connectivity index (χ0n) is 18.7. The Bertz CT molecular complexity index is 1350. The van der Waals surface area contributed by atoms with Crippen LogP contribution in [-0.4, -0.2) is 25.7 Å². The summed E-state index contributed by atoms with van der Waals surface area (Å²) in [5.41, 5.74) is 2.23. The molecule has 0 saturated carbocycles. The number of pyridine rings is 1. The molecule has 0 aliphatic carbocycles. The van der Waals surface area contributed by atoms with Gasteiger partial charge in [0.05, 0.1) is 4.90 Å². The van der Waals surface area contributed by atoms with Gasteiger partial charge in [0.1, 0.15) is 26.6 Å². The number of amides is 1. The summed E-state index contributed by atoms with van der Waals surface area (Å²) in [4.78, 5) is 17.2. The maximum Gasteiger partial charge on any atom is 0.272 e. The molecule has 3 aromatic rings. The van der Waals surface area contributed by atoms with Crippen LogP contribution in [0.5, 0.6) is 0 Å². The second-order valence-electron chi connectivity index (χ2n) is 8.39. The molecular weight excluding hydrogens is 477 g/mol. The fraction of sp³-hybridized carbons (Fsp3) is 0.250. The molecule has 1 unspecified atom stereocenters. The summed E-state index contributed by atoms with van der Waals surface area (Å²) in [6.07, 6.45) is 8.14. The number of nitrogens with zero attached hydrogens (tertiary/aromatic N) is 2. The number of hydrogen-bond acceptors (Lipinski definition) is 4. The monoisotopic (exact) mass is 501 g/mol. The highest BCUT2D eigenvalue weighted by atomic mass is 35.5. The number of aryl methyl sites for hydroxylation is 2. The van der Waals surface area contributed by atoms with Crippen LogP contribution in [0.2, 0.25) is 5.15 Å². The SMILES string of the molecule is C[C@@H](CCc1ccc(F)cc1)[C@H]1C=Cc2c(cn(C)c2C(=O)Nc2ccnc(Cl)c2)S(=N)(=O)N1. The van der Waals surface area contributed by atoms with Crippen molar-refractivity contribution >= 4 is 39.2 Å². The Morgan fingerprint density at radius 2 is 2.09 bits per heavy atom. The molecule has 3 N–H and O–H groups in total. The average molecular weight is 502 g/mol. The first-order chi connectivity index (χ1) is 16.1. The van der Waals surface area contributed by atoms with Crippen LogP contribution in [0.3, 0.4) is 0 Å². The second-order valence-corrected chi connectivity index (χ2v) is 10.6. The normalized spacial score (nSPS) is 20.4. The summed E-state index contributed by atoms with van der Waals surface area (Å²) in [5.74, 6) is -0.640. The van der Waals surface area contributed by atoms with Gasteiger partial charge in [-0.3, -0.25) is 4.79 Å². The number of carbonyl (C=O) groups excluding carboxylic acids is 1. The first kappa shape index (κ1) is 24.1. The van der Waals surface area contributed by atoms with Crippen molar-refractivity contribution in [3.05, 3.63) is 82.7 Å². The zero-order chi connectivity index (χ0) is 24.5. The van der Waals surface area contributed by atoms with Crippen molar-refractivity contribution in [2.45, 2.75) is 30.7 Å². The van der Waals surface area contributed by atoms with E-state index in [0.29, 0.717) is 16.9 Å². The Morgan fingerprint density at radius 3 is 2.79 bits per heavy atom. The maximum atomic E-state index is 13.4. The van der Waals surface area contributed by atoms with E-state index in [1.165, 1.54) is 24.4 Å². The molecule has 1 aromatic carbocycles. The summed E-state index contributed by atoms with van der Waals surface area (Å²) in [6.45, 7) is 2.01. The molecule has 0 saturated heterocycles. The Labute approximate surface area is 203 Å². The van der Waals surface area contributed by atoms with Crippen LogP contribution in [0.4, 0.5) is 10.1 Å². The number of fused-ring (bicyclic) bond motifs is 1. The van der Waals surface area contributed by atoms with Crippen molar-refractivity contribution in [3.8, 4) is 0 Å². The molecule has 3 heterocycles. The van der Waals surface area contributed by atoms with Crippen LogP contribution in [0, 0.1) is 16.5 Å². The van der Waals surface area contributed by atoms with E-state index >= 15 is 0 Å². The second kappa shape index (κ2) is 9.69. The number of aromatic nitrogens is 2. The van der Waals surface area contributed by atoms with E-state index in [2.05, 4.69) is 15.0 Å². The molecule has 0 fully saturated rings. The van der Waals surface area contributed by atoms with Gasteiger partial charge >= 0.3 is 0 Å². The van der Waals surface area contributed by atoms with E-state index in [-0.39, 0.29) is 27.8 Å². The van der Waals surface area contributed by atoms with E-state index in [0.717, 1.165) is 18.4 Å². The van der Waals surface area contributed by atoms with Gasteiger partial charge in [0.15, 0.2) is 0 Å². The van der Waals surface area contributed by atoms with E-state index in [1.54, 1.807) is 42.1 Å². The zero-order valence-corrected chi connectivity index (χ0v) is 20.3. The minimum atomic E-state index is -3.37. The predicted octanol–water partition coefficient (Wildman–Crippen LogP) is 5.04. The van der Waals surface area contributed by atoms with Gasteiger partial charge in [0.25, 0.3) is 5.91 Å². The molecule has 0 radical (unpaired) electrons. The lowest BCUT2D eigenvalue weighted by atomic mass is 9.94. The molecule has 1 amide bonds. The highest BCUT2D eigenvalue weighted by molar-refractivity contribution is 7.90. The number of halogens is 2. The Kier molecular flexibility index (Phi) is 6.88. The minimum Gasteiger partial charge on any atom is -0.345 e. The van der Waals surface area contributed by atoms with Gasteiger partial charge in [-0.2, -0.15) is 0 Å². The molecule has 3 atom stereocenters. The van der Waals surface area contributed by atoms with Gasteiger partial charge in [-0.05, 0) is 48.6 Å². The quantitative estimate of drug-likeness (QED) is 0.412. The Morgan fingerprint density at radius 1 is 1.35 bits per heavy atom. The first-order valence-corrected chi connectivity index (χ1v) is 12.7. The molecule has 1 aliphatic rings. The lowest BCUT2D eigenvalue weighted by Gasteiger charge is -2.22. The highest BCUT2D eigenvalue weighted by Crippen LogP contribution is 2.29. The number of hydrogen-bond donors (Lipinski definition) is 3. The van der Waals surface area contributed by atoms with Crippen molar-refractivity contribution in [1.29, 1.82) is 4.78 Å². The van der Waals surface area contributed by atoms with Gasteiger partial charge in [-0.1, -0.05) is 42.8 Å². The average Bonchev–Trinajstić information content (AvgIpc) is 3.06. The summed E-state index contributed by atoms with van der Waals surface area (Å²) >= 11 is 5.91. The van der Waals surface area contributed by atoms with Gasteiger partial charge in [-0.25, -0.2) is 23.1 Å². The van der Waals surface area contributed by atoms with Crippen LogP contribution in [0.25, 0.3) is 6.08 Å². The van der Waals surface area contributed by atoms with E-state index in [1.807, 2.05) is 13.0 Å². The standard InChI is InChI=1S/C24H25ClFN5O2S/c1-15(3-4-16-5-7-17(26)8-6-16)20-10-9-19-21(34(27,33)30-20)14-31(2)23(19)24(32)29-18-11-12-28-22(25)13-18/h5-15,20H,3-4H2,1-2H3,(H2,27,30,33)(H,28,29,32)/t15-,20+,34?/m0/s1. The Hall–Kier alpha value is -3.01. The van der Waals surface area contributed by atoms with E-state index in [4.69, 9.17) is 16.4 Å². The smallest absolute Gasteiger partial charge is 0.272 e. The van der Waals surface area contributed by atoms with Crippen LogP contribution < -0.4 is 10.0 Å². The number of nitrogens with one attached hydrogen (secondary N) is 3. The largest absolute Gasteiger partial charge is 0.345 e. The third kappa shape index (κ3) is 5.22. The van der Waals surface area contributed by atoms with Crippen molar-refractivity contribution < 1.29 is 13.4 Å². The molecule has 0 spiro atoms. The summed E-state index contributed by atoms with van der Waals surface area (Å²) in [6, 6.07) is 9.19. The summed E-state index contributed by atoms with van der Waals surface area (Å²) in [5, 5.41) is 3.03. The Balaban J connectivity index is 1.57. The molecule has 0 bridgehead atoms. The number of rotatable bonds is 6. The molecule has 34 heavy (non-hydrogen) atoms. The fourth-order valence-electron chi connectivity index (χ4n) is 3.98. The fourth-order valence-corrected chi connectivity index (χ4v) is 5.76. The lowest BCUT2D eigenvalue weighted by Crippen LogP contribution is -2.36. The molecular formula is C24H25ClFN5O2S. The van der Waals surface area contributed by atoms with Crippen molar-refractivity contribution in [1.82, 2.24) is 14.3 Å². The summed E-state index contributed by atoms with van der Waals surface area (Å²) in [7, 11) is -1.69. The molecule has 178 valence electrons. The molecule has 10 heteroatoms. The van der Waals surface area contributed by atoms with Crippen molar-refractivity contribution in [2.24, 2.45) is 13.0 Å². The number of anilines is 1. The van der Waals surface area contributed by atoms with Crippen molar-refractivity contribution in [3.63, 3.8) is 0 Å². The third-order valence-electron chi connectivity index (χ3n) is 5.88. The molecule has 1 aliphatic heterocycles. The van der Waals surface area contributed by atoms with Gasteiger partial charge in [-0.15, -0.1) is 0 Å².